The van der Waals surface area contributed by atoms with E-state index in [2.05, 4.69) is 25.9 Å². The summed E-state index contributed by atoms with van der Waals surface area (Å²) in [6.07, 6.45) is 3.79. The number of nitrogens with zero attached hydrogens (tertiary/aromatic N) is 1. The molecule has 32 heavy (non-hydrogen) atoms. The van der Waals surface area contributed by atoms with Gasteiger partial charge in [-0.1, -0.05) is 0 Å². The van der Waals surface area contributed by atoms with Crippen LogP contribution in [0.1, 0.15) is 31.4 Å². The van der Waals surface area contributed by atoms with E-state index in [9.17, 15) is 29.1 Å². The van der Waals surface area contributed by atoms with Crippen molar-refractivity contribution in [2.45, 2.75) is 50.2 Å². The van der Waals surface area contributed by atoms with Crippen LogP contribution in [0.25, 0.3) is 0 Å². The second-order valence-corrected chi connectivity index (χ2v) is 7.08. The number of carboxylic acid groups (broad SMARTS) is 1. The van der Waals surface area contributed by atoms with E-state index in [1.54, 1.807) is 0 Å². The normalized spacial score (nSPS) is 13.4. The number of unbranched alkanes of at least 4 members (excludes halogenated alkanes) is 1. The fourth-order valence-corrected chi connectivity index (χ4v) is 2.70. The highest BCUT2D eigenvalue weighted by molar-refractivity contribution is 5.95. The van der Waals surface area contributed by atoms with Crippen LogP contribution in [0.3, 0.4) is 0 Å². The zero-order valence-electron chi connectivity index (χ0n) is 17.5. The maximum absolute atomic E-state index is 12.4. The van der Waals surface area contributed by atoms with E-state index < -0.39 is 60.7 Å². The Morgan fingerprint density at radius 3 is 2.38 bits per heavy atom. The molecule has 14 nitrogen and oxygen atoms in total. The molecular weight excluding hydrogens is 424 g/mol. The van der Waals surface area contributed by atoms with E-state index >= 15 is 0 Å². The van der Waals surface area contributed by atoms with Crippen LogP contribution in [0.4, 0.5) is 0 Å². The van der Waals surface area contributed by atoms with Crippen molar-refractivity contribution < 1.29 is 29.1 Å². The summed E-state index contributed by atoms with van der Waals surface area (Å²) in [7, 11) is 0. The molecule has 11 N–H and O–H groups in total. The van der Waals surface area contributed by atoms with Gasteiger partial charge in [-0.2, -0.15) is 0 Å². The lowest BCUT2D eigenvalue weighted by Gasteiger charge is -2.20. The number of nitrogens with two attached hydrogens (primary N) is 3. The van der Waals surface area contributed by atoms with E-state index in [-0.39, 0.29) is 12.8 Å². The maximum Gasteiger partial charge on any atom is 0.326 e. The van der Waals surface area contributed by atoms with Crippen LogP contribution in [0, 0.1) is 0 Å². The second-order valence-electron chi connectivity index (χ2n) is 7.08. The van der Waals surface area contributed by atoms with Gasteiger partial charge in [0, 0.05) is 18.3 Å². The number of primary amides is 1. The van der Waals surface area contributed by atoms with Crippen LogP contribution in [0.5, 0.6) is 0 Å². The Balaban J connectivity index is 2.61. The first kappa shape index (κ1) is 26.5. The molecule has 0 bridgehead atoms. The van der Waals surface area contributed by atoms with Crippen molar-refractivity contribution in [3.63, 3.8) is 0 Å². The number of hydrogen-bond acceptors (Lipinski definition) is 8. The average Bonchev–Trinajstić information content (AvgIpc) is 3.23. The number of nitrogens with one attached hydrogen (secondary N) is 4. The molecule has 0 aromatic carbocycles. The topological polar surface area (TPSA) is 248 Å². The van der Waals surface area contributed by atoms with Crippen LogP contribution in [0.15, 0.2) is 12.5 Å². The Bertz CT molecular complexity index is 784. The van der Waals surface area contributed by atoms with Crippen molar-refractivity contribution in [3.05, 3.63) is 18.2 Å². The van der Waals surface area contributed by atoms with Gasteiger partial charge in [-0.05, 0) is 25.8 Å². The van der Waals surface area contributed by atoms with Gasteiger partial charge in [-0.3, -0.25) is 19.2 Å². The Hall–Kier alpha value is -3.52. The number of carbonyl (C=O) groups is 5. The molecule has 3 atom stereocenters. The van der Waals surface area contributed by atoms with Crippen molar-refractivity contribution in [1.82, 2.24) is 25.9 Å². The van der Waals surface area contributed by atoms with Crippen LogP contribution >= 0.6 is 0 Å². The Kier molecular flexibility index (Phi) is 11.4. The fraction of sp³-hybridized carbons (Fsp3) is 0.556. The molecular formula is C18H30N8O6. The number of rotatable bonds is 15. The quantitative estimate of drug-likeness (QED) is 0.122. The van der Waals surface area contributed by atoms with Gasteiger partial charge >= 0.3 is 5.97 Å². The lowest BCUT2D eigenvalue weighted by molar-refractivity contribution is -0.142. The molecule has 1 aromatic rings. The summed E-state index contributed by atoms with van der Waals surface area (Å²) in [5.41, 5.74) is 16.9. The van der Waals surface area contributed by atoms with Crippen LogP contribution in [-0.2, 0) is 30.4 Å². The number of carbonyl (C=O) groups excluding carboxylic acids is 4. The van der Waals surface area contributed by atoms with E-state index in [0.717, 1.165) is 0 Å². The third-order valence-corrected chi connectivity index (χ3v) is 4.37. The van der Waals surface area contributed by atoms with E-state index in [4.69, 9.17) is 17.2 Å². The maximum atomic E-state index is 12.4. The van der Waals surface area contributed by atoms with Gasteiger partial charge in [0.25, 0.3) is 0 Å². The number of imidazole rings is 1. The summed E-state index contributed by atoms with van der Waals surface area (Å²) in [6, 6.07) is -3.53. The third-order valence-electron chi connectivity index (χ3n) is 4.37. The highest BCUT2D eigenvalue weighted by Crippen LogP contribution is 2.01. The average molecular weight is 454 g/mol. The predicted octanol–water partition coefficient (Wildman–Crippen LogP) is -3.55. The van der Waals surface area contributed by atoms with Crippen LogP contribution < -0.4 is 33.2 Å². The largest absolute Gasteiger partial charge is 0.480 e. The zero-order chi connectivity index (χ0) is 24.1. The van der Waals surface area contributed by atoms with Gasteiger partial charge in [0.1, 0.15) is 12.1 Å². The molecule has 178 valence electrons. The van der Waals surface area contributed by atoms with Gasteiger partial charge in [0.2, 0.25) is 23.6 Å². The monoisotopic (exact) mass is 454 g/mol. The minimum absolute atomic E-state index is 0.111. The van der Waals surface area contributed by atoms with Gasteiger partial charge < -0.3 is 43.2 Å². The van der Waals surface area contributed by atoms with Gasteiger partial charge in [-0.25, -0.2) is 9.78 Å². The van der Waals surface area contributed by atoms with Crippen molar-refractivity contribution in [2.75, 3.05) is 13.1 Å². The minimum Gasteiger partial charge on any atom is -0.480 e. The molecule has 1 rings (SSSR count). The van der Waals surface area contributed by atoms with E-state index in [1.807, 2.05) is 0 Å². The lowest BCUT2D eigenvalue weighted by Crippen LogP contribution is -2.54. The summed E-state index contributed by atoms with van der Waals surface area (Å²) in [4.78, 5) is 65.8. The van der Waals surface area contributed by atoms with Gasteiger partial charge in [0.15, 0.2) is 0 Å². The number of amides is 4. The third kappa shape index (κ3) is 9.99. The molecule has 0 aliphatic heterocycles. The smallest absolute Gasteiger partial charge is 0.326 e. The van der Waals surface area contributed by atoms with Crippen molar-refractivity contribution in [2.24, 2.45) is 17.2 Å². The summed E-state index contributed by atoms with van der Waals surface area (Å²) >= 11 is 0. The van der Waals surface area contributed by atoms with E-state index in [0.29, 0.717) is 25.1 Å². The number of H-pyrrole nitrogens is 1. The first-order valence-corrected chi connectivity index (χ1v) is 9.95. The minimum atomic E-state index is -1.36. The Labute approximate surface area is 184 Å². The summed E-state index contributed by atoms with van der Waals surface area (Å²) < 4.78 is 0. The molecule has 0 radical (unpaired) electrons. The highest BCUT2D eigenvalue weighted by atomic mass is 16.4. The Morgan fingerprint density at radius 1 is 1.09 bits per heavy atom. The number of carboxylic acids is 1. The van der Waals surface area contributed by atoms with Crippen LogP contribution in [-0.4, -0.2) is 75.9 Å². The molecule has 4 amide bonds. The molecule has 0 aliphatic carbocycles. The highest BCUT2D eigenvalue weighted by Gasteiger charge is 2.26. The number of aromatic amines is 1. The zero-order valence-corrected chi connectivity index (χ0v) is 17.5. The number of aliphatic carboxylic acids is 1. The molecule has 3 unspecified atom stereocenters. The first-order valence-electron chi connectivity index (χ1n) is 9.95. The molecule has 0 saturated carbocycles. The molecule has 0 saturated heterocycles. The second kappa shape index (κ2) is 13.7. The van der Waals surface area contributed by atoms with Crippen molar-refractivity contribution in [1.29, 1.82) is 0 Å². The standard InChI is InChI=1S/C18H30N8O6/c19-4-2-1-3-12(18(31)32)25-15(28)8-23-17(30)13(6-14(21)27)26-16(29)11(20)5-10-7-22-9-24-10/h7,9,11-13H,1-6,8,19-20H2,(H2,21,27)(H,22,24)(H,23,30)(H,25,28)(H,26,29)(H,31,32). The molecule has 0 aliphatic rings. The van der Waals surface area contributed by atoms with Gasteiger partial charge in [0.05, 0.1) is 25.3 Å². The first-order chi connectivity index (χ1) is 15.1. The summed E-state index contributed by atoms with van der Waals surface area (Å²) in [5, 5.41) is 16.0. The molecule has 0 spiro atoms. The van der Waals surface area contributed by atoms with E-state index in [1.165, 1.54) is 12.5 Å². The fourth-order valence-electron chi connectivity index (χ4n) is 2.70. The predicted molar refractivity (Wildman–Crippen MR) is 111 cm³/mol. The Morgan fingerprint density at radius 2 is 1.81 bits per heavy atom. The molecule has 1 heterocycles. The van der Waals surface area contributed by atoms with Gasteiger partial charge in [-0.15, -0.1) is 0 Å². The number of hydrogen-bond donors (Lipinski definition) is 8. The summed E-state index contributed by atoms with van der Waals surface area (Å²) in [6.45, 7) is -0.167. The SMILES string of the molecule is NCCCCC(NC(=O)CNC(=O)C(CC(N)=O)NC(=O)C(N)Cc1cnc[nH]1)C(=O)O. The summed E-state index contributed by atoms with van der Waals surface area (Å²) in [5.74, 6) is -4.39. The number of aromatic nitrogens is 2. The molecule has 1 aromatic heterocycles. The lowest BCUT2D eigenvalue weighted by atomic mass is 10.1. The molecule has 0 fully saturated rings. The molecule has 14 heteroatoms. The van der Waals surface area contributed by atoms with Crippen molar-refractivity contribution in [3.8, 4) is 0 Å². The van der Waals surface area contributed by atoms with Crippen LogP contribution in [0.2, 0.25) is 0 Å². The van der Waals surface area contributed by atoms with Crippen molar-refractivity contribution >= 4 is 29.6 Å².